The average Bonchev–Trinajstić information content (AvgIpc) is 2.68. The number of hydrogen-bond acceptors (Lipinski definition) is 3. The van der Waals surface area contributed by atoms with Crippen LogP contribution in [0.2, 0.25) is 5.02 Å². The van der Waals surface area contributed by atoms with Gasteiger partial charge in [0, 0.05) is 37.8 Å². The molecule has 0 saturated carbocycles. The predicted octanol–water partition coefficient (Wildman–Crippen LogP) is 4.80. The zero-order chi connectivity index (χ0) is 21.2. The van der Waals surface area contributed by atoms with Crippen LogP contribution in [0.4, 0.5) is 23.2 Å². The first-order chi connectivity index (χ1) is 13.6. The number of piperidine rings is 1. The highest BCUT2D eigenvalue weighted by atomic mass is 35.5. The van der Waals surface area contributed by atoms with Gasteiger partial charge in [0.1, 0.15) is 10.7 Å². The Morgan fingerprint density at radius 1 is 1.17 bits per heavy atom. The van der Waals surface area contributed by atoms with E-state index in [2.05, 4.69) is 11.7 Å². The highest BCUT2D eigenvalue weighted by Crippen LogP contribution is 2.39. The van der Waals surface area contributed by atoms with E-state index in [9.17, 15) is 13.2 Å². The maximum Gasteiger partial charge on any atom is 0.394 e. The van der Waals surface area contributed by atoms with Crippen LogP contribution in [0.3, 0.4) is 0 Å². The monoisotopic (exact) mass is 428 g/mol. The molecule has 3 rings (SSSR count). The first kappa shape index (κ1) is 21.2. The molecule has 9 heteroatoms. The molecule has 0 spiro atoms. The first-order valence-corrected chi connectivity index (χ1v) is 9.42. The SMILES string of the molecule is C=C(CC(F)(F)F)n1ccc(N2CCC(F)(c3ccccc3)CC2)c(Cl)/c1=N/N. The Morgan fingerprint density at radius 2 is 1.79 bits per heavy atom. The molecule has 0 aliphatic carbocycles. The molecule has 1 saturated heterocycles. The molecule has 1 aromatic heterocycles. The molecule has 2 N–H and O–H groups in total. The van der Waals surface area contributed by atoms with Crippen molar-refractivity contribution in [3.63, 3.8) is 0 Å². The smallest absolute Gasteiger partial charge is 0.370 e. The van der Waals surface area contributed by atoms with Crippen LogP contribution >= 0.6 is 11.6 Å². The van der Waals surface area contributed by atoms with Gasteiger partial charge in [-0.2, -0.15) is 18.3 Å². The topological polar surface area (TPSA) is 46.5 Å². The average molecular weight is 429 g/mol. The highest BCUT2D eigenvalue weighted by Gasteiger charge is 2.37. The number of hydrogen-bond donors (Lipinski definition) is 1. The van der Waals surface area contributed by atoms with Gasteiger partial charge in [0.25, 0.3) is 0 Å². The van der Waals surface area contributed by atoms with Gasteiger partial charge >= 0.3 is 6.18 Å². The Labute approximate surface area is 170 Å². The third-order valence-electron chi connectivity index (χ3n) is 5.09. The molecule has 156 valence electrons. The van der Waals surface area contributed by atoms with Crippen molar-refractivity contribution in [3.05, 3.63) is 65.2 Å². The highest BCUT2D eigenvalue weighted by molar-refractivity contribution is 6.33. The van der Waals surface area contributed by atoms with Crippen LogP contribution in [0.15, 0.2) is 54.3 Å². The van der Waals surface area contributed by atoms with E-state index in [1.54, 1.807) is 30.3 Å². The Bertz CT molecular complexity index is 945. The zero-order valence-corrected chi connectivity index (χ0v) is 16.3. The number of pyridine rings is 1. The van der Waals surface area contributed by atoms with Crippen molar-refractivity contribution in [2.75, 3.05) is 18.0 Å². The van der Waals surface area contributed by atoms with E-state index in [1.807, 2.05) is 11.0 Å². The van der Waals surface area contributed by atoms with Crippen molar-refractivity contribution >= 4 is 23.0 Å². The normalized spacial score (nSPS) is 17.4. The van der Waals surface area contributed by atoms with Crippen LogP contribution in [-0.2, 0) is 5.67 Å². The lowest BCUT2D eigenvalue weighted by molar-refractivity contribution is -0.123. The minimum atomic E-state index is -4.42. The summed E-state index contributed by atoms with van der Waals surface area (Å²) in [5.74, 6) is 5.39. The van der Waals surface area contributed by atoms with Crippen LogP contribution < -0.4 is 16.2 Å². The lowest BCUT2D eigenvalue weighted by Gasteiger charge is -2.38. The van der Waals surface area contributed by atoms with Crippen LogP contribution in [0.25, 0.3) is 5.70 Å². The minimum Gasteiger partial charge on any atom is -0.370 e. The summed E-state index contributed by atoms with van der Waals surface area (Å²) in [7, 11) is 0. The van der Waals surface area contributed by atoms with Crippen molar-refractivity contribution in [1.29, 1.82) is 0 Å². The maximum atomic E-state index is 15.3. The van der Waals surface area contributed by atoms with Gasteiger partial charge < -0.3 is 15.3 Å². The third-order valence-corrected chi connectivity index (χ3v) is 5.45. The third kappa shape index (κ3) is 4.58. The summed E-state index contributed by atoms with van der Waals surface area (Å²) in [6.07, 6.45) is -3.72. The van der Waals surface area contributed by atoms with E-state index in [0.29, 0.717) is 24.3 Å². The van der Waals surface area contributed by atoms with Gasteiger partial charge in [0.15, 0.2) is 5.49 Å². The van der Waals surface area contributed by atoms with Crippen molar-refractivity contribution in [1.82, 2.24) is 4.57 Å². The fourth-order valence-electron chi connectivity index (χ4n) is 3.57. The summed E-state index contributed by atoms with van der Waals surface area (Å²) in [5.41, 5.74) is -0.528. The molecule has 1 fully saturated rings. The largest absolute Gasteiger partial charge is 0.394 e. The Kier molecular flexibility index (Phi) is 5.93. The molecule has 0 atom stereocenters. The van der Waals surface area contributed by atoms with E-state index in [1.165, 1.54) is 6.20 Å². The van der Waals surface area contributed by atoms with E-state index >= 15 is 4.39 Å². The fraction of sp³-hybridized carbons (Fsp3) is 0.350. The molecule has 1 aliphatic heterocycles. The molecule has 2 heterocycles. The van der Waals surface area contributed by atoms with Gasteiger partial charge in [-0.3, -0.25) is 0 Å². The second-order valence-corrected chi connectivity index (χ2v) is 7.39. The minimum absolute atomic E-state index is 0.0291. The van der Waals surface area contributed by atoms with Crippen molar-refractivity contribution < 1.29 is 17.6 Å². The Balaban J connectivity index is 1.83. The predicted molar refractivity (Wildman–Crippen MR) is 106 cm³/mol. The van der Waals surface area contributed by atoms with E-state index in [-0.39, 0.29) is 29.0 Å². The summed E-state index contributed by atoms with van der Waals surface area (Å²) in [4.78, 5) is 1.88. The number of aromatic nitrogens is 1. The molecule has 0 bridgehead atoms. The number of benzene rings is 1. The number of alkyl halides is 4. The van der Waals surface area contributed by atoms with Crippen LogP contribution in [0.1, 0.15) is 24.8 Å². The van der Waals surface area contributed by atoms with Gasteiger partial charge in [-0.15, -0.1) is 0 Å². The summed E-state index contributed by atoms with van der Waals surface area (Å²) < 4.78 is 54.6. The van der Waals surface area contributed by atoms with Crippen LogP contribution in [0.5, 0.6) is 0 Å². The first-order valence-electron chi connectivity index (χ1n) is 9.04. The number of nitrogens with two attached hydrogens (primary N) is 1. The molecule has 29 heavy (non-hydrogen) atoms. The lowest BCUT2D eigenvalue weighted by atomic mass is 9.86. The van der Waals surface area contributed by atoms with Crippen LogP contribution in [0, 0.1) is 0 Å². The number of anilines is 1. The molecule has 2 aromatic rings. The van der Waals surface area contributed by atoms with Gasteiger partial charge in [-0.05, 0) is 11.6 Å². The molecular formula is C20H21ClF4N4. The maximum absolute atomic E-state index is 15.3. The van der Waals surface area contributed by atoms with E-state index in [4.69, 9.17) is 17.4 Å². The van der Waals surface area contributed by atoms with E-state index < -0.39 is 18.3 Å². The standard InChI is InChI=1S/C20H21ClF4N4/c1-14(13-20(23,24)25)29-10-7-16(17(21)18(29)27-26)28-11-8-19(22,9-12-28)15-5-3-2-4-6-15/h2-7,10H,1,8-9,11-13,26H2/b27-18-. The second kappa shape index (κ2) is 8.10. The number of halogens is 5. The van der Waals surface area contributed by atoms with Crippen LogP contribution in [-0.4, -0.2) is 23.8 Å². The summed E-state index contributed by atoms with van der Waals surface area (Å²) >= 11 is 6.40. The summed E-state index contributed by atoms with van der Waals surface area (Å²) in [6.45, 7) is 4.24. The van der Waals surface area contributed by atoms with Crippen molar-refractivity contribution in [2.45, 2.75) is 31.1 Å². The van der Waals surface area contributed by atoms with Gasteiger partial charge in [0.2, 0.25) is 0 Å². The van der Waals surface area contributed by atoms with Gasteiger partial charge in [-0.25, -0.2) is 4.39 Å². The Morgan fingerprint density at radius 3 is 2.34 bits per heavy atom. The quantitative estimate of drug-likeness (QED) is 0.432. The molecule has 1 aromatic carbocycles. The fourth-order valence-corrected chi connectivity index (χ4v) is 3.89. The lowest BCUT2D eigenvalue weighted by Crippen LogP contribution is -2.41. The molecule has 0 radical (unpaired) electrons. The number of allylic oxidation sites excluding steroid dienone is 1. The van der Waals surface area contributed by atoms with Crippen molar-refractivity contribution in [3.8, 4) is 0 Å². The molecular weight excluding hydrogens is 408 g/mol. The molecule has 1 aliphatic rings. The van der Waals surface area contributed by atoms with Crippen molar-refractivity contribution in [2.24, 2.45) is 10.9 Å². The summed E-state index contributed by atoms with van der Waals surface area (Å²) in [6, 6.07) is 10.6. The summed E-state index contributed by atoms with van der Waals surface area (Å²) in [5, 5.41) is 3.66. The Hall–Kier alpha value is -2.48. The molecule has 0 unspecified atom stereocenters. The number of nitrogens with zero attached hydrogens (tertiary/aromatic N) is 3. The second-order valence-electron chi connectivity index (χ2n) is 7.01. The zero-order valence-electron chi connectivity index (χ0n) is 15.6. The number of rotatable bonds is 4. The van der Waals surface area contributed by atoms with Gasteiger partial charge in [-0.1, -0.05) is 48.5 Å². The van der Waals surface area contributed by atoms with E-state index in [0.717, 1.165) is 4.57 Å². The molecule has 4 nitrogen and oxygen atoms in total. The van der Waals surface area contributed by atoms with Gasteiger partial charge in [0.05, 0.1) is 12.1 Å². The molecule has 0 amide bonds.